The highest BCUT2D eigenvalue weighted by molar-refractivity contribution is 5.97. The Morgan fingerprint density at radius 3 is 2.73 bits per heavy atom. The van der Waals surface area contributed by atoms with Gasteiger partial charge >= 0.3 is 6.03 Å². The zero-order valence-electron chi connectivity index (χ0n) is 15.0. The Bertz CT molecular complexity index is 702. The number of fused-ring (bicyclic) bond motifs is 1. The fourth-order valence-corrected chi connectivity index (χ4v) is 3.96. The first kappa shape index (κ1) is 17.1. The number of nitrogens with one attached hydrogen (secondary N) is 3. The fraction of sp³-hybridized carbons (Fsp3) is 0.556. The molecule has 0 unspecified atom stereocenters. The largest absolute Gasteiger partial charge is 0.454 e. The molecule has 26 heavy (non-hydrogen) atoms. The maximum atomic E-state index is 12.5. The van der Waals surface area contributed by atoms with E-state index >= 15 is 0 Å². The number of ether oxygens (including phenoxy) is 2. The molecule has 0 radical (unpaired) electrons. The van der Waals surface area contributed by atoms with Gasteiger partial charge in [-0.1, -0.05) is 0 Å². The molecule has 3 aliphatic rings. The van der Waals surface area contributed by atoms with Gasteiger partial charge in [0.1, 0.15) is 32.7 Å². The van der Waals surface area contributed by atoms with Crippen molar-refractivity contribution in [3.8, 4) is 11.5 Å². The van der Waals surface area contributed by atoms with Crippen LogP contribution in [-0.2, 0) is 11.3 Å². The first-order valence-electron chi connectivity index (χ1n) is 9.27. The summed E-state index contributed by atoms with van der Waals surface area (Å²) < 4.78 is 10.8. The molecule has 0 aliphatic carbocycles. The fourth-order valence-electron chi connectivity index (χ4n) is 3.96. The van der Waals surface area contributed by atoms with Crippen molar-refractivity contribution in [2.75, 3.05) is 46.1 Å². The van der Waals surface area contributed by atoms with Gasteiger partial charge in [-0.3, -0.25) is 9.69 Å². The van der Waals surface area contributed by atoms with Crippen molar-refractivity contribution in [1.82, 2.24) is 10.2 Å². The maximum Gasteiger partial charge on any atom is 0.324 e. The van der Waals surface area contributed by atoms with Crippen LogP contribution in [0, 0.1) is 0 Å². The number of carbonyl (C=O) groups is 2. The predicted molar refractivity (Wildman–Crippen MR) is 92.2 cm³/mol. The molecule has 0 bridgehead atoms. The summed E-state index contributed by atoms with van der Waals surface area (Å²) >= 11 is 0. The summed E-state index contributed by atoms with van der Waals surface area (Å²) in [7, 11) is 0. The molecule has 3 heterocycles. The number of benzene rings is 1. The van der Waals surface area contributed by atoms with E-state index in [2.05, 4.69) is 17.4 Å². The van der Waals surface area contributed by atoms with Gasteiger partial charge < -0.3 is 24.6 Å². The van der Waals surface area contributed by atoms with E-state index in [1.54, 1.807) is 0 Å². The number of quaternary nitrogens is 2. The number of carbonyl (C=O) groups excluding carboxylic acids is 2. The minimum absolute atomic E-state index is 0.0609. The predicted octanol–water partition coefficient (Wildman–Crippen LogP) is -2.36. The van der Waals surface area contributed by atoms with Gasteiger partial charge in [0.25, 0.3) is 5.91 Å². The summed E-state index contributed by atoms with van der Waals surface area (Å²) in [6.07, 6.45) is 0. The third-order valence-electron chi connectivity index (χ3n) is 5.60. The number of amides is 3. The van der Waals surface area contributed by atoms with Crippen LogP contribution in [0.4, 0.5) is 4.79 Å². The molecule has 140 valence electrons. The number of nitrogens with zero attached hydrogens (tertiary/aromatic N) is 1. The highest BCUT2D eigenvalue weighted by Gasteiger charge is 2.37. The minimum atomic E-state index is -0.256. The van der Waals surface area contributed by atoms with Gasteiger partial charge in [0, 0.05) is 18.7 Å². The van der Waals surface area contributed by atoms with Crippen molar-refractivity contribution in [2.24, 2.45) is 0 Å². The first-order chi connectivity index (χ1) is 12.6. The van der Waals surface area contributed by atoms with E-state index in [-0.39, 0.29) is 18.0 Å². The van der Waals surface area contributed by atoms with Gasteiger partial charge in [0.05, 0.1) is 0 Å². The normalized spacial score (nSPS) is 25.9. The topological polar surface area (TPSA) is 76.8 Å². The van der Waals surface area contributed by atoms with Crippen LogP contribution >= 0.6 is 0 Å². The van der Waals surface area contributed by atoms with Crippen LogP contribution < -0.4 is 24.6 Å². The molecule has 1 aromatic rings. The highest BCUT2D eigenvalue weighted by Crippen LogP contribution is 2.32. The van der Waals surface area contributed by atoms with Gasteiger partial charge in [0.15, 0.2) is 17.5 Å². The average Bonchev–Trinajstić information content (AvgIpc) is 3.29. The van der Waals surface area contributed by atoms with E-state index in [0.717, 1.165) is 44.2 Å². The monoisotopic (exact) mass is 362 g/mol. The zero-order chi connectivity index (χ0) is 18.1. The summed E-state index contributed by atoms with van der Waals surface area (Å²) in [5.74, 6) is 1.58. The molecule has 2 saturated heterocycles. The van der Waals surface area contributed by atoms with Gasteiger partial charge in [-0.25, -0.2) is 4.79 Å². The molecule has 4 rings (SSSR count). The number of hydrogen-bond donors (Lipinski definition) is 3. The van der Waals surface area contributed by atoms with E-state index in [4.69, 9.17) is 9.47 Å². The van der Waals surface area contributed by atoms with Crippen LogP contribution in [0.3, 0.4) is 0 Å². The summed E-state index contributed by atoms with van der Waals surface area (Å²) in [4.78, 5) is 28.4. The van der Waals surface area contributed by atoms with E-state index in [9.17, 15) is 9.59 Å². The molecule has 2 fully saturated rings. The van der Waals surface area contributed by atoms with E-state index < -0.39 is 0 Å². The van der Waals surface area contributed by atoms with Crippen molar-refractivity contribution in [3.05, 3.63) is 23.8 Å². The van der Waals surface area contributed by atoms with Crippen molar-refractivity contribution < 1.29 is 28.9 Å². The summed E-state index contributed by atoms with van der Waals surface area (Å²) in [6, 6.07) is 5.70. The van der Waals surface area contributed by atoms with Crippen LogP contribution in [0.1, 0.15) is 12.5 Å². The van der Waals surface area contributed by atoms with Crippen molar-refractivity contribution in [1.29, 1.82) is 0 Å². The molecule has 8 heteroatoms. The molecule has 0 spiro atoms. The van der Waals surface area contributed by atoms with Crippen LogP contribution in [0.5, 0.6) is 11.5 Å². The van der Waals surface area contributed by atoms with Crippen molar-refractivity contribution in [3.63, 3.8) is 0 Å². The van der Waals surface area contributed by atoms with E-state index in [1.807, 2.05) is 13.0 Å². The van der Waals surface area contributed by atoms with E-state index in [0.29, 0.717) is 19.9 Å². The average molecular weight is 362 g/mol. The minimum Gasteiger partial charge on any atom is -0.454 e. The van der Waals surface area contributed by atoms with Gasteiger partial charge in [-0.15, -0.1) is 0 Å². The van der Waals surface area contributed by atoms with E-state index in [1.165, 1.54) is 20.3 Å². The quantitative estimate of drug-likeness (QED) is 0.560. The Morgan fingerprint density at radius 2 is 2.00 bits per heavy atom. The van der Waals surface area contributed by atoms with Gasteiger partial charge in [0.2, 0.25) is 6.79 Å². The standard InChI is InChI=1S/C18H24N4O4/c1-13(17(23)22-5-4-19-18(22)24)21-8-6-20(7-9-21)11-14-2-3-15-16(10-14)26-12-25-15/h2-3,10,13H,4-9,11-12H2,1H3,(H,19,24)/p+2/t13-/m1/s1. The third-order valence-corrected chi connectivity index (χ3v) is 5.60. The lowest BCUT2D eigenvalue weighted by Crippen LogP contribution is -3.29. The summed E-state index contributed by atoms with van der Waals surface area (Å²) in [5, 5.41) is 2.69. The van der Waals surface area contributed by atoms with Gasteiger partial charge in [-0.05, 0) is 25.1 Å². The first-order valence-corrected chi connectivity index (χ1v) is 9.27. The molecular formula is C18H26N4O4+2. The SMILES string of the molecule is C[C@H](C(=O)N1CCNC1=O)[NH+]1CC[NH+](Cc2ccc3c(c2)OCO3)CC1. The van der Waals surface area contributed by atoms with Gasteiger partial charge in [-0.2, -0.15) is 0 Å². The Balaban J connectivity index is 1.29. The molecule has 1 aromatic carbocycles. The Hall–Kier alpha value is -2.32. The molecule has 3 N–H and O–H groups in total. The Kier molecular flexibility index (Phi) is 4.69. The second-order valence-corrected chi connectivity index (χ2v) is 7.22. The molecule has 1 atom stereocenters. The third kappa shape index (κ3) is 3.34. The number of urea groups is 1. The van der Waals surface area contributed by atoms with Crippen molar-refractivity contribution in [2.45, 2.75) is 19.5 Å². The highest BCUT2D eigenvalue weighted by atomic mass is 16.7. The van der Waals surface area contributed by atoms with Crippen LogP contribution in [-0.4, -0.2) is 68.9 Å². The van der Waals surface area contributed by atoms with Crippen LogP contribution in [0.15, 0.2) is 18.2 Å². The van der Waals surface area contributed by atoms with Crippen LogP contribution in [0.2, 0.25) is 0 Å². The lowest BCUT2D eigenvalue weighted by molar-refractivity contribution is -1.02. The summed E-state index contributed by atoms with van der Waals surface area (Å²) in [5.41, 5.74) is 1.24. The Morgan fingerprint density at radius 1 is 1.23 bits per heavy atom. The summed E-state index contributed by atoms with van der Waals surface area (Å²) in [6.45, 7) is 8.10. The molecule has 3 aliphatic heterocycles. The second-order valence-electron chi connectivity index (χ2n) is 7.22. The number of piperazine rings is 1. The zero-order valence-corrected chi connectivity index (χ0v) is 15.0. The van der Waals surface area contributed by atoms with Crippen molar-refractivity contribution >= 4 is 11.9 Å². The van der Waals surface area contributed by atoms with Crippen LogP contribution in [0.25, 0.3) is 0 Å². The molecule has 3 amide bonds. The lowest BCUT2D eigenvalue weighted by Gasteiger charge is -2.33. The number of hydrogen-bond acceptors (Lipinski definition) is 4. The Labute approximate surface area is 152 Å². The molecule has 0 aromatic heterocycles. The second kappa shape index (κ2) is 7.13. The molecular weight excluding hydrogens is 336 g/mol. The number of imide groups is 1. The maximum absolute atomic E-state index is 12.5. The molecule has 0 saturated carbocycles. The lowest BCUT2D eigenvalue weighted by atomic mass is 10.1. The molecule has 8 nitrogen and oxygen atoms in total. The smallest absolute Gasteiger partial charge is 0.324 e. The number of rotatable bonds is 4.